The normalized spacial score (nSPS) is 24.9. The van der Waals surface area contributed by atoms with Crippen molar-refractivity contribution in [1.29, 1.82) is 0 Å². The average molecular weight is 435 g/mol. The molecule has 0 amide bonds. The van der Waals surface area contributed by atoms with Crippen LogP contribution in [0.4, 0.5) is 0 Å². The van der Waals surface area contributed by atoms with Crippen LogP contribution in [0, 0.1) is 0 Å². The summed E-state index contributed by atoms with van der Waals surface area (Å²) >= 11 is 38.6. The Morgan fingerprint density at radius 1 is 1.00 bits per heavy atom. The molecule has 0 aliphatic heterocycles. The Labute approximate surface area is 170 Å². The van der Waals surface area contributed by atoms with Crippen molar-refractivity contribution in [2.75, 3.05) is 0 Å². The standard InChI is InChI=1S/C7HCl7O5.Na/c8-3-1(17-12)2(18-13)4(19-14)7(10,11)6(3,9)5(15)16;/h(H,15,16);/q;+1/p-1. The molecule has 108 valence electrons. The molecule has 13 heteroatoms. The average Bonchev–Trinajstić information content (AvgIpc) is 2.35. The molecule has 0 bridgehead atoms. The summed E-state index contributed by atoms with van der Waals surface area (Å²) in [4.78, 5) is 8.49. The molecule has 0 N–H and O–H groups in total. The number of aliphatic carboxylic acids is 1. The molecule has 0 fully saturated rings. The van der Waals surface area contributed by atoms with E-state index in [0.29, 0.717) is 0 Å². The molecule has 1 aliphatic rings. The van der Waals surface area contributed by atoms with Crippen molar-refractivity contribution in [3.8, 4) is 0 Å². The summed E-state index contributed by atoms with van der Waals surface area (Å²) in [5.41, 5.74) is 0. The van der Waals surface area contributed by atoms with Crippen LogP contribution < -0.4 is 34.7 Å². The molecule has 1 unspecified atom stereocenters. The third-order valence-corrected chi connectivity index (χ3v) is 4.89. The van der Waals surface area contributed by atoms with Gasteiger partial charge < -0.3 is 22.8 Å². The molecule has 0 saturated carbocycles. The number of rotatable bonds is 4. The topological polar surface area (TPSA) is 67.8 Å². The number of alkyl halides is 3. The van der Waals surface area contributed by atoms with Gasteiger partial charge in [-0.25, -0.2) is 0 Å². The van der Waals surface area contributed by atoms with Gasteiger partial charge in [0, 0.05) is 0 Å². The zero-order chi connectivity index (χ0) is 15.0. The number of allylic oxidation sites excluding steroid dienone is 1. The first kappa shape index (κ1) is 21.4. The van der Waals surface area contributed by atoms with Gasteiger partial charge in [-0.2, -0.15) is 0 Å². The number of carboxylic acid groups (broad SMARTS) is 1. The molecule has 0 spiro atoms. The Hall–Kier alpha value is 1.38. The summed E-state index contributed by atoms with van der Waals surface area (Å²) in [6, 6.07) is 0. The number of hydrogen-bond acceptors (Lipinski definition) is 5. The maximum Gasteiger partial charge on any atom is 1.00 e. The van der Waals surface area contributed by atoms with E-state index < -0.39 is 37.5 Å². The monoisotopic (exact) mass is 432 g/mol. The minimum absolute atomic E-state index is 0. The second-order valence-corrected chi connectivity index (χ2v) is 5.79. The summed E-state index contributed by atoms with van der Waals surface area (Å²) in [5, 5.41) is 10.4. The Bertz CT molecular complexity index is 478. The van der Waals surface area contributed by atoms with Crippen LogP contribution in [-0.4, -0.2) is 15.2 Å². The minimum Gasteiger partial charge on any atom is -0.548 e. The predicted molar refractivity (Wildman–Crippen MR) is 68.7 cm³/mol. The van der Waals surface area contributed by atoms with Gasteiger partial charge >= 0.3 is 29.6 Å². The van der Waals surface area contributed by atoms with Crippen LogP contribution in [0.5, 0.6) is 0 Å². The fourth-order valence-corrected chi connectivity index (χ4v) is 3.03. The Balaban J connectivity index is 0.00000361. The van der Waals surface area contributed by atoms with Gasteiger partial charge in [-0.15, -0.1) is 11.6 Å². The van der Waals surface area contributed by atoms with E-state index in [1.165, 1.54) is 0 Å². The SMILES string of the molecule is O=C([O-])C1(Cl)C(Cl)=C(OCl)C(OCl)=C(OCl)C1(Cl)Cl.[Na+]. The molecule has 0 heterocycles. The van der Waals surface area contributed by atoms with Crippen LogP contribution >= 0.6 is 82.0 Å². The van der Waals surface area contributed by atoms with E-state index in [0.717, 1.165) is 0 Å². The van der Waals surface area contributed by atoms with Gasteiger partial charge in [-0.1, -0.05) is 34.8 Å². The van der Waals surface area contributed by atoms with Crippen molar-refractivity contribution < 1.29 is 52.3 Å². The molecule has 1 rings (SSSR count). The van der Waals surface area contributed by atoms with Crippen LogP contribution in [0.2, 0.25) is 0 Å². The number of halogens is 7. The molecule has 0 aromatic rings. The third kappa shape index (κ3) is 3.04. The molecule has 20 heavy (non-hydrogen) atoms. The van der Waals surface area contributed by atoms with Crippen LogP contribution in [-0.2, 0) is 17.7 Å². The van der Waals surface area contributed by atoms with Crippen molar-refractivity contribution >= 4 is 88.0 Å². The molecule has 0 aromatic carbocycles. The van der Waals surface area contributed by atoms with E-state index in [1.54, 1.807) is 0 Å². The van der Waals surface area contributed by atoms with Crippen LogP contribution in [0.15, 0.2) is 22.3 Å². The molecular weight excluding hydrogens is 435 g/mol. The van der Waals surface area contributed by atoms with Crippen molar-refractivity contribution in [3.05, 3.63) is 22.3 Å². The molecule has 5 nitrogen and oxygen atoms in total. The Kier molecular flexibility index (Phi) is 8.31. The van der Waals surface area contributed by atoms with Gasteiger partial charge in [-0.05, 0) is 0 Å². The van der Waals surface area contributed by atoms with Crippen LogP contribution in [0.1, 0.15) is 0 Å². The van der Waals surface area contributed by atoms with Gasteiger partial charge in [0.05, 0.1) is 11.0 Å². The molecular formula is C7Cl7NaO5. The minimum atomic E-state index is -2.70. The first-order valence-corrected chi connectivity index (χ1v) is 6.43. The fraction of sp³-hybridized carbons (Fsp3) is 0.286. The summed E-state index contributed by atoms with van der Waals surface area (Å²) in [7, 11) is 0. The van der Waals surface area contributed by atoms with Crippen molar-refractivity contribution in [1.82, 2.24) is 0 Å². The van der Waals surface area contributed by atoms with E-state index in [2.05, 4.69) is 12.9 Å². The maximum atomic E-state index is 11.2. The van der Waals surface area contributed by atoms with E-state index in [1.807, 2.05) is 0 Å². The van der Waals surface area contributed by atoms with Gasteiger partial charge in [0.25, 0.3) is 0 Å². The van der Waals surface area contributed by atoms with E-state index >= 15 is 0 Å². The quantitative estimate of drug-likeness (QED) is 0.463. The van der Waals surface area contributed by atoms with E-state index in [-0.39, 0.29) is 29.6 Å². The second-order valence-electron chi connectivity index (χ2n) is 3.05. The van der Waals surface area contributed by atoms with E-state index in [4.69, 9.17) is 82.0 Å². The van der Waals surface area contributed by atoms with Gasteiger partial charge in [0.1, 0.15) is 35.6 Å². The Morgan fingerprint density at radius 2 is 1.45 bits per heavy atom. The first-order valence-electron chi connectivity index (χ1n) is 3.99. The zero-order valence-corrected chi connectivity index (χ0v) is 16.5. The summed E-state index contributed by atoms with van der Waals surface area (Å²) in [6.45, 7) is 0. The summed E-state index contributed by atoms with van der Waals surface area (Å²) < 4.78 is 10.4. The molecule has 0 saturated heterocycles. The number of hydrogen-bond donors (Lipinski definition) is 0. The summed E-state index contributed by atoms with van der Waals surface area (Å²) in [6.07, 6.45) is 0. The predicted octanol–water partition coefficient (Wildman–Crippen LogP) is 0.0786. The van der Waals surface area contributed by atoms with Gasteiger partial charge in [-0.3, -0.25) is 0 Å². The van der Waals surface area contributed by atoms with Crippen molar-refractivity contribution in [2.45, 2.75) is 9.21 Å². The van der Waals surface area contributed by atoms with Crippen LogP contribution in [0.25, 0.3) is 0 Å². The third-order valence-electron chi connectivity index (χ3n) is 2.14. The molecule has 0 aromatic heterocycles. The number of carbonyl (C=O) groups excluding carboxylic acids is 1. The first-order chi connectivity index (χ1) is 8.69. The van der Waals surface area contributed by atoms with E-state index in [9.17, 15) is 9.90 Å². The number of carbonyl (C=O) groups is 1. The second kappa shape index (κ2) is 7.77. The Morgan fingerprint density at radius 3 is 1.75 bits per heavy atom. The molecule has 1 atom stereocenters. The molecule has 1 aliphatic carbocycles. The fourth-order valence-electron chi connectivity index (χ4n) is 1.24. The van der Waals surface area contributed by atoms with Gasteiger partial charge in [0.2, 0.25) is 21.6 Å². The van der Waals surface area contributed by atoms with Crippen molar-refractivity contribution in [2.24, 2.45) is 0 Å². The number of carboxylic acids is 1. The van der Waals surface area contributed by atoms with Crippen LogP contribution in [0.3, 0.4) is 0 Å². The largest absolute Gasteiger partial charge is 1.00 e. The molecule has 0 radical (unpaired) electrons. The van der Waals surface area contributed by atoms with Crippen molar-refractivity contribution in [3.63, 3.8) is 0 Å². The zero-order valence-electron chi connectivity index (χ0n) is 9.19. The summed E-state index contributed by atoms with van der Waals surface area (Å²) in [5.74, 6) is -3.83. The van der Waals surface area contributed by atoms with Gasteiger partial charge in [0.15, 0.2) is 4.87 Å². The smallest absolute Gasteiger partial charge is 0.548 e. The maximum absolute atomic E-state index is 11.2.